The van der Waals surface area contributed by atoms with Crippen molar-refractivity contribution in [2.24, 2.45) is 29.6 Å². The van der Waals surface area contributed by atoms with Gasteiger partial charge in [-0.2, -0.15) is 0 Å². The van der Waals surface area contributed by atoms with E-state index < -0.39 is 23.8 Å². The molecule has 3 heterocycles. The number of nitrogens with zero attached hydrogens (tertiary/aromatic N) is 2. The molecule has 2 saturated carbocycles. The van der Waals surface area contributed by atoms with Gasteiger partial charge in [-0.15, -0.1) is 11.8 Å². The fourth-order valence-corrected chi connectivity index (χ4v) is 9.77. The van der Waals surface area contributed by atoms with E-state index in [0.717, 1.165) is 32.5 Å². The quantitative estimate of drug-likeness (QED) is 0.622. The Bertz CT molecular complexity index is 1270. The second-order valence-electron chi connectivity index (χ2n) is 10.0. The van der Waals surface area contributed by atoms with E-state index in [4.69, 9.17) is 0 Å². The summed E-state index contributed by atoms with van der Waals surface area (Å²) in [6.45, 7) is 1.40. The lowest BCUT2D eigenvalue weighted by Crippen LogP contribution is -2.44. The molecule has 0 radical (unpaired) electrons. The van der Waals surface area contributed by atoms with Gasteiger partial charge in [-0.05, 0) is 48.8 Å². The zero-order chi connectivity index (χ0) is 24.0. The van der Waals surface area contributed by atoms with Crippen LogP contribution in [-0.2, 0) is 14.4 Å². The van der Waals surface area contributed by atoms with Crippen LogP contribution in [0.1, 0.15) is 29.7 Å². The Morgan fingerprint density at radius 1 is 1.12 bits per heavy atom. The predicted octanol–water partition coefficient (Wildman–Crippen LogP) is 2.45. The van der Waals surface area contributed by atoms with E-state index in [-0.39, 0.29) is 45.6 Å². The number of carbonyl (C=O) groups excluding carboxylic acids is 2. The van der Waals surface area contributed by atoms with Gasteiger partial charge in [-0.3, -0.25) is 19.3 Å². The van der Waals surface area contributed by atoms with Gasteiger partial charge < -0.3 is 15.0 Å². The van der Waals surface area contributed by atoms with E-state index in [1.165, 1.54) is 18.3 Å². The summed E-state index contributed by atoms with van der Waals surface area (Å²) in [5, 5.41) is 10.4. The number of aromatic amines is 1. The summed E-state index contributed by atoms with van der Waals surface area (Å²) >= 11 is 2.87. The SMILES string of the molecule is C[C@@H](C(=O)O)N1C(=O)[C@@H]2[C@@H]3C[C@@H]([C@@H]2C1=O)[C@H]1[C@@H](c2ccc(N(C)C)cc2)c2sc(=O)[nH]c2S[C@H]31. The van der Waals surface area contributed by atoms with Crippen molar-refractivity contribution in [3.63, 3.8) is 0 Å². The van der Waals surface area contributed by atoms with Crippen molar-refractivity contribution in [2.45, 2.75) is 35.6 Å². The van der Waals surface area contributed by atoms with Crippen LogP contribution < -0.4 is 9.77 Å². The number of aromatic nitrogens is 1. The number of imide groups is 1. The molecule has 6 rings (SSSR count). The Balaban J connectivity index is 1.43. The minimum absolute atomic E-state index is 0.00690. The van der Waals surface area contributed by atoms with Crippen molar-refractivity contribution in [2.75, 3.05) is 19.0 Å². The van der Waals surface area contributed by atoms with Crippen LogP contribution in [0.3, 0.4) is 0 Å². The topological polar surface area (TPSA) is 111 Å². The largest absolute Gasteiger partial charge is 0.480 e. The summed E-state index contributed by atoms with van der Waals surface area (Å²) in [7, 11) is 3.97. The third kappa shape index (κ3) is 2.84. The minimum atomic E-state index is -1.17. The number of H-pyrrole nitrogens is 1. The van der Waals surface area contributed by atoms with Gasteiger partial charge in [0.05, 0.1) is 16.9 Å². The van der Waals surface area contributed by atoms with Crippen LogP contribution >= 0.6 is 23.1 Å². The molecule has 8 atom stereocenters. The number of hydrogen-bond donors (Lipinski definition) is 2. The van der Waals surface area contributed by atoms with Crippen molar-refractivity contribution >= 4 is 46.6 Å². The summed E-state index contributed by atoms with van der Waals surface area (Å²) in [4.78, 5) is 57.6. The number of thiazole rings is 1. The molecule has 3 fully saturated rings. The molecular weight excluding hydrogens is 474 g/mol. The monoisotopic (exact) mass is 499 g/mol. The molecule has 8 nitrogen and oxygen atoms in total. The molecule has 178 valence electrons. The average Bonchev–Trinajstić information content (AvgIpc) is 3.52. The van der Waals surface area contributed by atoms with Gasteiger partial charge in [0.2, 0.25) is 11.8 Å². The highest BCUT2D eigenvalue weighted by atomic mass is 32.2. The van der Waals surface area contributed by atoms with Crippen LogP contribution in [0.4, 0.5) is 5.69 Å². The molecule has 1 aromatic carbocycles. The number of anilines is 1. The summed E-state index contributed by atoms with van der Waals surface area (Å²) in [5.74, 6) is -2.73. The molecular formula is C24H25N3O5S2. The second kappa shape index (κ2) is 7.45. The van der Waals surface area contributed by atoms with Crippen LogP contribution in [0.15, 0.2) is 34.1 Å². The molecule has 1 aromatic heterocycles. The molecule has 34 heavy (non-hydrogen) atoms. The second-order valence-corrected chi connectivity index (χ2v) is 12.2. The standard InChI is InChI=1S/C24H25N3O5S2/c1-9(23(30)31)27-21(28)16-12-8-13(17(16)22(27)29)18-15(12)14(19-20(33-18)25-24(32)34-19)10-4-6-11(7-5-10)26(2)3/h4-7,9,12-18H,8H2,1-3H3,(H,25,32)(H,30,31)/t9-,12+,13-,14+,15-,16-,17+,18+/m0/s1. The Hall–Kier alpha value is -2.59. The third-order valence-electron chi connectivity index (χ3n) is 8.27. The van der Waals surface area contributed by atoms with Crippen molar-refractivity contribution in [1.82, 2.24) is 9.88 Å². The number of carboxylic acid groups (broad SMARTS) is 1. The summed E-state index contributed by atoms with van der Waals surface area (Å²) in [5.41, 5.74) is 2.19. The normalized spacial score (nSPS) is 34.1. The Morgan fingerprint density at radius 2 is 1.76 bits per heavy atom. The first kappa shape index (κ1) is 21.9. The van der Waals surface area contributed by atoms with E-state index in [2.05, 4.69) is 29.2 Å². The third-order valence-corrected chi connectivity index (χ3v) is 10.9. The summed E-state index contributed by atoms with van der Waals surface area (Å²) in [6, 6.07) is 7.18. The number of carbonyl (C=O) groups is 3. The number of likely N-dealkylation sites (tertiary alicyclic amines) is 1. The first-order valence-corrected chi connectivity index (χ1v) is 13.1. The van der Waals surface area contributed by atoms with Crippen LogP contribution in [0.5, 0.6) is 0 Å². The maximum atomic E-state index is 13.4. The molecule has 10 heteroatoms. The molecule has 2 aromatic rings. The number of amides is 2. The Morgan fingerprint density at radius 3 is 2.38 bits per heavy atom. The fourth-order valence-electron chi connectivity index (χ4n) is 6.89. The van der Waals surface area contributed by atoms with Gasteiger partial charge in [-0.1, -0.05) is 23.5 Å². The molecule has 2 amide bonds. The van der Waals surface area contributed by atoms with Crippen LogP contribution in [0.2, 0.25) is 0 Å². The number of rotatable bonds is 4. The van der Waals surface area contributed by atoms with Gasteiger partial charge in [0.15, 0.2) is 0 Å². The lowest BCUT2D eigenvalue weighted by molar-refractivity contribution is -0.154. The van der Waals surface area contributed by atoms with E-state index in [0.29, 0.717) is 0 Å². The smallest absolute Gasteiger partial charge is 0.326 e. The predicted molar refractivity (Wildman–Crippen MR) is 128 cm³/mol. The number of carboxylic acids is 1. The first-order chi connectivity index (χ1) is 16.2. The van der Waals surface area contributed by atoms with Gasteiger partial charge in [0.25, 0.3) is 0 Å². The highest BCUT2D eigenvalue weighted by Gasteiger charge is 2.70. The molecule has 1 saturated heterocycles. The highest BCUT2D eigenvalue weighted by molar-refractivity contribution is 8.00. The molecule has 0 unspecified atom stereocenters. The number of nitrogens with one attached hydrogen (secondary N) is 1. The Kier molecular flexibility index (Phi) is 4.80. The van der Waals surface area contributed by atoms with Crippen LogP contribution in [-0.4, -0.2) is 58.2 Å². The molecule has 2 aliphatic heterocycles. The number of fused-ring (bicyclic) bond motifs is 9. The number of benzene rings is 1. The van der Waals surface area contributed by atoms with E-state index in [1.807, 2.05) is 19.0 Å². The van der Waals surface area contributed by atoms with Gasteiger partial charge in [-0.25, -0.2) is 4.79 Å². The lowest BCUT2D eigenvalue weighted by Gasteiger charge is -2.43. The molecule has 2 N–H and O–H groups in total. The van der Waals surface area contributed by atoms with E-state index in [9.17, 15) is 24.3 Å². The lowest BCUT2D eigenvalue weighted by atomic mass is 9.68. The molecule has 2 bridgehead atoms. The van der Waals surface area contributed by atoms with Crippen molar-refractivity contribution in [1.29, 1.82) is 0 Å². The Labute approximate surface area is 204 Å². The molecule has 2 aliphatic carbocycles. The van der Waals surface area contributed by atoms with Gasteiger partial charge >= 0.3 is 10.8 Å². The average molecular weight is 500 g/mol. The fraction of sp³-hybridized carbons (Fsp3) is 0.500. The summed E-state index contributed by atoms with van der Waals surface area (Å²) in [6.07, 6.45) is 0.788. The van der Waals surface area contributed by atoms with Crippen LogP contribution in [0.25, 0.3) is 0 Å². The zero-order valence-corrected chi connectivity index (χ0v) is 20.6. The highest BCUT2D eigenvalue weighted by Crippen LogP contribution is 2.68. The minimum Gasteiger partial charge on any atom is -0.480 e. The van der Waals surface area contributed by atoms with Crippen molar-refractivity contribution < 1.29 is 19.5 Å². The summed E-state index contributed by atoms with van der Waals surface area (Å²) < 4.78 is 0. The van der Waals surface area contributed by atoms with E-state index in [1.54, 1.807) is 11.8 Å². The number of aliphatic carboxylic acids is 1. The van der Waals surface area contributed by atoms with Crippen molar-refractivity contribution in [3.05, 3.63) is 44.4 Å². The number of thioether (sulfide) groups is 1. The van der Waals surface area contributed by atoms with E-state index >= 15 is 0 Å². The molecule has 4 aliphatic rings. The zero-order valence-electron chi connectivity index (χ0n) is 18.9. The first-order valence-electron chi connectivity index (χ1n) is 11.5. The maximum absolute atomic E-state index is 13.4. The van der Waals surface area contributed by atoms with Crippen molar-refractivity contribution in [3.8, 4) is 0 Å². The number of hydrogen-bond acceptors (Lipinski definition) is 7. The maximum Gasteiger partial charge on any atom is 0.326 e. The van der Waals surface area contributed by atoms with Gasteiger partial charge in [0, 0.05) is 35.8 Å². The van der Waals surface area contributed by atoms with Gasteiger partial charge in [0.1, 0.15) is 6.04 Å². The molecule has 0 spiro atoms. The van der Waals surface area contributed by atoms with Crippen LogP contribution in [0, 0.1) is 29.6 Å².